The monoisotopic (exact) mass is 339 g/mol. The van der Waals surface area contributed by atoms with Crippen LogP contribution >= 0.6 is 0 Å². The van der Waals surface area contributed by atoms with Crippen molar-refractivity contribution >= 4 is 11.7 Å². The maximum absolute atomic E-state index is 12.9. The first-order valence-electron chi connectivity index (χ1n) is 8.94. The highest BCUT2D eigenvalue weighted by Gasteiger charge is 2.22. The number of nitrogens with one attached hydrogen (secondary N) is 1. The summed E-state index contributed by atoms with van der Waals surface area (Å²) >= 11 is 0. The highest BCUT2D eigenvalue weighted by molar-refractivity contribution is 5.89. The third-order valence-corrected chi connectivity index (χ3v) is 4.55. The van der Waals surface area contributed by atoms with Crippen molar-refractivity contribution < 1.29 is 4.79 Å². The van der Waals surface area contributed by atoms with Gasteiger partial charge in [-0.2, -0.15) is 0 Å². The molecule has 1 heterocycles. The van der Waals surface area contributed by atoms with Crippen LogP contribution in [0.3, 0.4) is 0 Å². The van der Waals surface area contributed by atoms with E-state index in [1.165, 1.54) is 11.1 Å². The van der Waals surface area contributed by atoms with E-state index in [9.17, 15) is 4.79 Å². The highest BCUT2D eigenvalue weighted by atomic mass is 16.2. The van der Waals surface area contributed by atoms with E-state index in [1.807, 2.05) is 48.2 Å². The van der Waals surface area contributed by atoms with Crippen LogP contribution in [0.2, 0.25) is 0 Å². The lowest BCUT2D eigenvalue weighted by atomic mass is 10.1. The molecular formula is C21H29N3O. The van der Waals surface area contributed by atoms with E-state index in [0.717, 1.165) is 17.8 Å². The van der Waals surface area contributed by atoms with E-state index >= 15 is 0 Å². The molecule has 0 aliphatic rings. The van der Waals surface area contributed by atoms with Crippen LogP contribution in [0.5, 0.6) is 0 Å². The molecule has 4 nitrogen and oxygen atoms in total. The second-order valence-electron chi connectivity index (χ2n) is 7.04. The minimum Gasteiger partial charge on any atom is -0.316 e. The number of aromatic nitrogens is 1. The molecule has 2 rings (SSSR count). The fourth-order valence-electron chi connectivity index (χ4n) is 2.67. The van der Waals surface area contributed by atoms with Gasteiger partial charge in [-0.3, -0.25) is 4.98 Å². The van der Waals surface area contributed by atoms with Gasteiger partial charge in [-0.05, 0) is 68.5 Å². The predicted molar refractivity (Wildman–Crippen MR) is 104 cm³/mol. The first-order valence-corrected chi connectivity index (χ1v) is 8.94. The Balaban J connectivity index is 2.18. The van der Waals surface area contributed by atoms with Crippen molar-refractivity contribution in [3.8, 4) is 0 Å². The molecule has 0 saturated heterocycles. The molecule has 134 valence electrons. The average molecular weight is 339 g/mol. The van der Waals surface area contributed by atoms with E-state index in [0.29, 0.717) is 12.5 Å². The summed E-state index contributed by atoms with van der Waals surface area (Å²) in [7, 11) is 0. The molecular weight excluding hydrogens is 310 g/mol. The van der Waals surface area contributed by atoms with Gasteiger partial charge in [0.1, 0.15) is 0 Å². The van der Waals surface area contributed by atoms with Crippen LogP contribution < -0.4 is 5.32 Å². The molecule has 1 unspecified atom stereocenters. The fourth-order valence-corrected chi connectivity index (χ4v) is 2.67. The maximum Gasteiger partial charge on any atom is 0.322 e. The molecule has 2 amide bonds. The minimum atomic E-state index is -0.0814. The molecule has 0 fully saturated rings. The number of pyridine rings is 1. The number of carbonyl (C=O) groups excluding carboxylic acids is 1. The highest BCUT2D eigenvalue weighted by Crippen LogP contribution is 2.22. The van der Waals surface area contributed by atoms with Crippen molar-refractivity contribution in [2.45, 2.75) is 47.1 Å². The van der Waals surface area contributed by atoms with Gasteiger partial charge in [0.2, 0.25) is 0 Å². The molecule has 1 atom stereocenters. The van der Waals surface area contributed by atoms with Crippen LogP contribution in [0.1, 0.15) is 50.1 Å². The zero-order valence-electron chi connectivity index (χ0n) is 15.9. The Bertz CT molecular complexity index is 698. The molecule has 25 heavy (non-hydrogen) atoms. The van der Waals surface area contributed by atoms with Gasteiger partial charge in [-0.25, -0.2) is 4.79 Å². The van der Waals surface area contributed by atoms with Crippen LogP contribution in [0, 0.1) is 19.8 Å². The Kier molecular flexibility index (Phi) is 6.57. The number of rotatable bonds is 6. The molecule has 0 aliphatic carbocycles. The maximum atomic E-state index is 12.9. The Morgan fingerprint density at radius 3 is 2.48 bits per heavy atom. The SMILES string of the molecule is Cc1ccc(NC(=O)N(CCC(C)C)C(C)c2ccccn2)cc1C. The zero-order valence-corrected chi connectivity index (χ0v) is 15.9. The van der Waals surface area contributed by atoms with Gasteiger partial charge in [0.15, 0.2) is 0 Å². The van der Waals surface area contributed by atoms with Gasteiger partial charge in [0.05, 0.1) is 11.7 Å². The molecule has 2 aromatic rings. The number of nitrogens with zero attached hydrogens (tertiary/aromatic N) is 2. The predicted octanol–water partition coefficient (Wildman–Crippen LogP) is 5.34. The number of urea groups is 1. The Hall–Kier alpha value is -2.36. The van der Waals surface area contributed by atoms with Crippen molar-refractivity contribution in [2.75, 3.05) is 11.9 Å². The first kappa shape index (κ1) is 19.0. The summed E-state index contributed by atoms with van der Waals surface area (Å²) in [6.07, 6.45) is 2.73. The fraction of sp³-hybridized carbons (Fsp3) is 0.429. The lowest BCUT2D eigenvalue weighted by Gasteiger charge is -2.30. The van der Waals surface area contributed by atoms with E-state index < -0.39 is 0 Å². The van der Waals surface area contributed by atoms with Gasteiger partial charge in [-0.15, -0.1) is 0 Å². The van der Waals surface area contributed by atoms with E-state index in [1.54, 1.807) is 6.20 Å². The van der Waals surface area contributed by atoms with Crippen LogP contribution in [0.4, 0.5) is 10.5 Å². The number of carbonyl (C=O) groups is 1. The number of benzene rings is 1. The summed E-state index contributed by atoms with van der Waals surface area (Å²) in [5.41, 5.74) is 4.12. The third-order valence-electron chi connectivity index (χ3n) is 4.55. The average Bonchev–Trinajstić information content (AvgIpc) is 2.58. The number of hydrogen-bond donors (Lipinski definition) is 1. The molecule has 0 radical (unpaired) electrons. The zero-order chi connectivity index (χ0) is 18.4. The van der Waals surface area contributed by atoms with Gasteiger partial charge < -0.3 is 10.2 Å². The molecule has 0 saturated carbocycles. The molecule has 0 spiro atoms. The molecule has 1 aromatic heterocycles. The lowest BCUT2D eigenvalue weighted by Crippen LogP contribution is -2.38. The summed E-state index contributed by atoms with van der Waals surface area (Å²) in [6.45, 7) is 11.2. The molecule has 0 aliphatic heterocycles. The third kappa shape index (κ3) is 5.31. The topological polar surface area (TPSA) is 45.2 Å². The largest absolute Gasteiger partial charge is 0.322 e. The number of aryl methyl sites for hydroxylation is 2. The van der Waals surface area contributed by atoms with Crippen molar-refractivity contribution in [2.24, 2.45) is 5.92 Å². The van der Waals surface area contributed by atoms with E-state index in [4.69, 9.17) is 0 Å². The van der Waals surface area contributed by atoms with Gasteiger partial charge in [-0.1, -0.05) is 26.0 Å². The van der Waals surface area contributed by atoms with Crippen LogP contribution in [-0.4, -0.2) is 22.5 Å². The van der Waals surface area contributed by atoms with Crippen molar-refractivity contribution in [3.63, 3.8) is 0 Å². The Morgan fingerprint density at radius 2 is 1.88 bits per heavy atom. The first-order chi connectivity index (χ1) is 11.9. The van der Waals surface area contributed by atoms with Gasteiger partial charge >= 0.3 is 6.03 Å². The van der Waals surface area contributed by atoms with Crippen LogP contribution in [0.25, 0.3) is 0 Å². The van der Waals surface area contributed by atoms with Gasteiger partial charge in [0, 0.05) is 18.4 Å². The van der Waals surface area contributed by atoms with Crippen molar-refractivity contribution in [1.29, 1.82) is 0 Å². The van der Waals surface area contributed by atoms with Crippen molar-refractivity contribution in [3.05, 3.63) is 59.4 Å². The number of amides is 2. The second-order valence-corrected chi connectivity index (χ2v) is 7.04. The standard InChI is InChI=1S/C21H29N3O/c1-15(2)11-13-24(18(5)20-8-6-7-12-22-20)21(25)23-19-10-9-16(3)17(4)14-19/h6-10,12,14-15,18H,11,13H2,1-5H3,(H,23,25). The number of hydrogen-bond acceptors (Lipinski definition) is 2. The minimum absolute atomic E-state index is 0.0773. The molecule has 1 N–H and O–H groups in total. The molecule has 0 bridgehead atoms. The van der Waals surface area contributed by atoms with E-state index in [-0.39, 0.29) is 12.1 Å². The quantitative estimate of drug-likeness (QED) is 0.772. The second kappa shape index (κ2) is 8.65. The smallest absolute Gasteiger partial charge is 0.316 e. The van der Waals surface area contributed by atoms with Gasteiger partial charge in [0.25, 0.3) is 0 Å². The van der Waals surface area contributed by atoms with Crippen LogP contribution in [-0.2, 0) is 0 Å². The number of anilines is 1. The van der Waals surface area contributed by atoms with Crippen molar-refractivity contribution in [1.82, 2.24) is 9.88 Å². The summed E-state index contributed by atoms with van der Waals surface area (Å²) < 4.78 is 0. The summed E-state index contributed by atoms with van der Waals surface area (Å²) in [6, 6.07) is 11.7. The van der Waals surface area contributed by atoms with Crippen LogP contribution in [0.15, 0.2) is 42.6 Å². The Labute approximate surface area is 151 Å². The van der Waals surface area contributed by atoms with E-state index in [2.05, 4.69) is 38.0 Å². The molecule has 1 aromatic carbocycles. The normalized spacial score (nSPS) is 12.1. The summed E-state index contributed by atoms with van der Waals surface area (Å²) in [5, 5.41) is 3.04. The molecule has 4 heteroatoms. The summed E-state index contributed by atoms with van der Waals surface area (Å²) in [5.74, 6) is 0.535. The summed E-state index contributed by atoms with van der Waals surface area (Å²) in [4.78, 5) is 19.2. The Morgan fingerprint density at radius 1 is 1.12 bits per heavy atom. The lowest BCUT2D eigenvalue weighted by molar-refractivity contribution is 0.187.